The van der Waals surface area contributed by atoms with E-state index < -0.39 is 0 Å². The first kappa shape index (κ1) is 17.9. The van der Waals surface area contributed by atoms with Gasteiger partial charge in [-0.2, -0.15) is 6.08 Å². The molecule has 1 rings (SSSR count). The fourth-order valence-electron chi connectivity index (χ4n) is 0.989. The summed E-state index contributed by atoms with van der Waals surface area (Å²) in [7, 11) is 0. The second kappa shape index (κ2) is 14.5. The van der Waals surface area contributed by atoms with Crippen LogP contribution < -0.4 is 13.3 Å². The van der Waals surface area contributed by atoms with Crippen LogP contribution in [0.25, 0.3) is 0 Å². The molecule has 0 unspecified atom stereocenters. The van der Waals surface area contributed by atoms with Crippen molar-refractivity contribution >= 4 is 37.2 Å². The topological polar surface area (TPSA) is 0 Å². The van der Waals surface area contributed by atoms with Crippen molar-refractivity contribution < 1.29 is 39.1 Å². The Hall–Kier alpha value is 2.54. The standard InChI is InChI=1S/C9H13.Hf.I3/c1-2-3-6-9-7-4-5-8-9;;1-3-2/h4,7H,2-3,5-6H2,1H3;;/q-1;;-1. The van der Waals surface area contributed by atoms with E-state index in [1.54, 1.807) is 0 Å². The van der Waals surface area contributed by atoms with Gasteiger partial charge < -0.3 is 0 Å². The molecule has 1 aliphatic carbocycles. The van der Waals surface area contributed by atoms with Crippen molar-refractivity contribution in [1.82, 2.24) is 0 Å². The van der Waals surface area contributed by atoms with E-state index in [0.717, 1.165) is 6.42 Å². The monoisotopic (exact) mass is 682 g/mol. The molecule has 13 heavy (non-hydrogen) atoms. The summed E-state index contributed by atoms with van der Waals surface area (Å²) in [6, 6.07) is 0. The van der Waals surface area contributed by atoms with Crippen molar-refractivity contribution in [2.45, 2.75) is 32.6 Å². The van der Waals surface area contributed by atoms with Crippen molar-refractivity contribution in [2.75, 3.05) is 0 Å². The Balaban J connectivity index is 0. The van der Waals surface area contributed by atoms with E-state index in [0.29, 0.717) is 13.3 Å². The zero-order valence-corrected chi connectivity index (χ0v) is 17.7. The fourth-order valence-corrected chi connectivity index (χ4v) is 0.989. The third-order valence-electron chi connectivity index (χ3n) is 1.57. The SMILES string of the molecule is CCCCC1=[C-]CC=C1.I[I-]I.[Hf]. The molecule has 0 radical (unpaired) electrons. The Morgan fingerprint density at radius 1 is 1.54 bits per heavy atom. The summed E-state index contributed by atoms with van der Waals surface area (Å²) in [5, 5.41) is 0. The molecule has 0 heterocycles. The maximum absolute atomic E-state index is 3.30. The van der Waals surface area contributed by atoms with Crippen molar-refractivity contribution in [3.8, 4) is 0 Å². The summed E-state index contributed by atoms with van der Waals surface area (Å²) < 4.78 is 0. The fraction of sp³-hybridized carbons (Fsp3) is 0.556. The summed E-state index contributed by atoms with van der Waals surface area (Å²) in [5.74, 6) is 0. The first-order chi connectivity index (χ1) is 5.85. The van der Waals surface area contributed by atoms with E-state index in [-0.39, 0.29) is 25.8 Å². The Kier molecular flexibility index (Phi) is 20.0. The molecule has 4 heteroatoms. The predicted octanol–water partition coefficient (Wildman–Crippen LogP) is 1.64. The second-order valence-electron chi connectivity index (χ2n) is 2.47. The maximum Gasteiger partial charge on any atom is 0 e. The molecule has 0 fully saturated rings. The maximum atomic E-state index is 3.30. The van der Waals surface area contributed by atoms with Gasteiger partial charge in [-0.25, -0.2) is 11.6 Å². The molecule has 0 N–H and O–H groups in total. The summed E-state index contributed by atoms with van der Waals surface area (Å²) >= 11 is 5.30. The van der Waals surface area contributed by atoms with Gasteiger partial charge in [0.25, 0.3) is 0 Å². The molecule has 76 valence electrons. The smallest absolute Gasteiger partial charge is 0 e. The van der Waals surface area contributed by atoms with Crippen LogP contribution in [0.5, 0.6) is 0 Å². The molecular weight excluding hydrogens is 667 g/mol. The van der Waals surface area contributed by atoms with Gasteiger partial charge in [-0.05, 0) is 0 Å². The number of hydrogen-bond acceptors (Lipinski definition) is 0. The predicted molar refractivity (Wildman–Crippen MR) is 68.1 cm³/mol. The second-order valence-corrected chi connectivity index (χ2v) is 18.7. The summed E-state index contributed by atoms with van der Waals surface area (Å²) in [6.07, 6.45) is 12.5. The van der Waals surface area contributed by atoms with Crippen molar-refractivity contribution in [2.24, 2.45) is 0 Å². The summed E-state index contributed by atoms with van der Waals surface area (Å²) in [4.78, 5) is 0. The van der Waals surface area contributed by atoms with E-state index in [4.69, 9.17) is 0 Å². The van der Waals surface area contributed by atoms with Crippen LogP contribution >= 0.6 is 37.2 Å². The minimum atomic E-state index is 0. The number of hydrogen-bond donors (Lipinski definition) is 0. The van der Waals surface area contributed by atoms with Gasteiger partial charge in [-0.1, -0.05) is 26.2 Å². The van der Waals surface area contributed by atoms with Crippen LogP contribution in [0.2, 0.25) is 0 Å². The normalized spacial score (nSPS) is 13.0. The van der Waals surface area contributed by atoms with Crippen LogP contribution in [0.15, 0.2) is 17.7 Å². The van der Waals surface area contributed by atoms with Crippen LogP contribution in [0.4, 0.5) is 0 Å². The first-order valence-electron chi connectivity index (χ1n) is 3.98. The number of rotatable bonds is 3. The molecule has 0 saturated heterocycles. The molecule has 0 aromatic rings. The van der Waals surface area contributed by atoms with Crippen LogP contribution in [0, 0.1) is 6.08 Å². The van der Waals surface area contributed by atoms with Gasteiger partial charge in [0.1, 0.15) is 0 Å². The van der Waals surface area contributed by atoms with Crippen molar-refractivity contribution in [3.63, 3.8) is 0 Å². The minimum Gasteiger partial charge on any atom is 0 e. The van der Waals surface area contributed by atoms with Crippen molar-refractivity contribution in [1.29, 1.82) is 0 Å². The Bertz CT molecular complexity index is 155. The van der Waals surface area contributed by atoms with Crippen molar-refractivity contribution in [3.05, 3.63) is 23.8 Å². The molecule has 0 spiro atoms. The van der Waals surface area contributed by atoms with E-state index in [1.807, 2.05) is 0 Å². The van der Waals surface area contributed by atoms with E-state index in [2.05, 4.69) is 62.4 Å². The molecule has 0 aliphatic heterocycles. The quantitative estimate of drug-likeness (QED) is 0.242. The molecular formula is C9H13HfI3-2. The van der Waals surface area contributed by atoms with E-state index in [1.165, 1.54) is 24.8 Å². The first-order valence-corrected chi connectivity index (χ1v) is 16.6. The molecule has 0 bridgehead atoms. The average Bonchev–Trinajstić information content (AvgIpc) is 2.54. The Labute approximate surface area is 130 Å². The van der Waals surface area contributed by atoms with Gasteiger partial charge in [0.2, 0.25) is 0 Å². The number of halogens is 3. The zero-order chi connectivity index (χ0) is 9.23. The molecule has 0 aromatic heterocycles. The van der Waals surface area contributed by atoms with Gasteiger partial charge in [0.05, 0.1) is 0 Å². The summed E-state index contributed by atoms with van der Waals surface area (Å²) in [5.41, 5.74) is 1.41. The Morgan fingerprint density at radius 2 is 2.15 bits per heavy atom. The molecule has 0 nitrogen and oxygen atoms in total. The molecule has 1 aliphatic rings. The van der Waals surface area contributed by atoms with E-state index in [9.17, 15) is 0 Å². The van der Waals surface area contributed by atoms with Gasteiger partial charge in [-0.3, -0.25) is 6.08 Å². The van der Waals surface area contributed by atoms with Crippen LogP contribution in [0.3, 0.4) is 0 Å². The minimum absolute atomic E-state index is 0. The molecule has 0 amide bonds. The molecule has 0 aromatic carbocycles. The van der Waals surface area contributed by atoms with Gasteiger partial charge >= 0.3 is 50.5 Å². The average molecular weight is 680 g/mol. The summed E-state index contributed by atoms with van der Waals surface area (Å²) in [6.45, 7) is 2.22. The third kappa shape index (κ3) is 12.5. The Morgan fingerprint density at radius 3 is 2.54 bits per heavy atom. The van der Waals surface area contributed by atoms with Gasteiger partial charge in [-0.15, -0.1) is 6.42 Å². The van der Waals surface area contributed by atoms with Crippen LogP contribution in [-0.2, 0) is 25.8 Å². The third-order valence-corrected chi connectivity index (χ3v) is 1.57. The van der Waals surface area contributed by atoms with E-state index >= 15 is 0 Å². The largest absolute Gasteiger partial charge is 0 e. The zero-order valence-electron chi connectivity index (χ0n) is 7.62. The van der Waals surface area contributed by atoms with Crippen LogP contribution in [0.1, 0.15) is 32.6 Å². The molecule has 0 atom stereocenters. The number of unbranched alkanes of at least 4 members (excludes halogenated alkanes) is 1. The van der Waals surface area contributed by atoms with Crippen LogP contribution in [-0.4, -0.2) is 0 Å². The van der Waals surface area contributed by atoms with Gasteiger partial charge in [0, 0.05) is 25.8 Å². The van der Waals surface area contributed by atoms with Gasteiger partial charge in [0.15, 0.2) is 0 Å². The molecule has 0 saturated carbocycles. The number of allylic oxidation sites excluding steroid dienone is 4.